The highest BCUT2D eigenvalue weighted by Gasteiger charge is 2.11. The van der Waals surface area contributed by atoms with Crippen LogP contribution in [-0.4, -0.2) is 20.4 Å². The zero-order valence-corrected chi connectivity index (χ0v) is 14.7. The fraction of sp³-hybridized carbons (Fsp3) is 0.0526. The molecule has 0 spiro atoms. The molecule has 0 fully saturated rings. The molecule has 0 aliphatic heterocycles. The zero-order chi connectivity index (χ0) is 18.1. The predicted octanol–water partition coefficient (Wildman–Crippen LogP) is 3.40. The smallest absolute Gasteiger partial charge is 0.265 e. The first-order valence-electron chi connectivity index (χ1n) is 7.93. The molecule has 0 radical (unpaired) electrons. The summed E-state index contributed by atoms with van der Waals surface area (Å²) in [5.41, 5.74) is 1.69. The van der Waals surface area contributed by atoms with Gasteiger partial charge in [-0.15, -0.1) is 11.3 Å². The summed E-state index contributed by atoms with van der Waals surface area (Å²) in [6.45, 7) is 1.79. The number of para-hydroxylation sites is 1. The van der Waals surface area contributed by atoms with Crippen molar-refractivity contribution in [3.8, 4) is 5.69 Å². The molecule has 2 heterocycles. The molecule has 26 heavy (non-hydrogen) atoms. The Bertz CT molecular complexity index is 1150. The minimum atomic E-state index is -0.243. The number of benzene rings is 2. The first-order chi connectivity index (χ1) is 12.6. The van der Waals surface area contributed by atoms with Gasteiger partial charge in [-0.25, -0.2) is 9.97 Å². The Morgan fingerprint density at radius 1 is 1.12 bits per heavy atom. The third-order valence-electron chi connectivity index (χ3n) is 3.98. The number of nitrogens with zero attached hydrogens (tertiary/aromatic N) is 3. The highest BCUT2D eigenvalue weighted by atomic mass is 32.1. The van der Waals surface area contributed by atoms with E-state index in [1.165, 1.54) is 11.3 Å². The van der Waals surface area contributed by atoms with E-state index in [4.69, 9.17) is 0 Å². The van der Waals surface area contributed by atoms with Crippen molar-refractivity contribution in [2.45, 2.75) is 6.92 Å². The maximum absolute atomic E-state index is 12.8. The van der Waals surface area contributed by atoms with E-state index in [9.17, 15) is 9.59 Å². The van der Waals surface area contributed by atoms with E-state index < -0.39 is 0 Å². The number of anilines is 1. The van der Waals surface area contributed by atoms with Crippen LogP contribution in [-0.2, 0) is 0 Å². The topological polar surface area (TPSA) is 76.9 Å². The first-order valence-corrected chi connectivity index (χ1v) is 8.81. The second-order valence-electron chi connectivity index (χ2n) is 5.65. The molecule has 0 unspecified atom stereocenters. The molecule has 0 atom stereocenters. The fourth-order valence-corrected chi connectivity index (χ4v) is 3.29. The number of carbonyl (C=O) groups excluding carboxylic acids is 1. The predicted molar refractivity (Wildman–Crippen MR) is 102 cm³/mol. The number of aryl methyl sites for hydroxylation is 1. The molecular weight excluding hydrogens is 348 g/mol. The SMILES string of the molecule is Cc1nc2ccccc2c(=O)n1-c1ccc(C(=O)Nc2nccs2)cc1. The van der Waals surface area contributed by atoms with Gasteiger partial charge in [0.2, 0.25) is 0 Å². The van der Waals surface area contributed by atoms with Crippen LogP contribution in [0.2, 0.25) is 0 Å². The van der Waals surface area contributed by atoms with Crippen molar-refractivity contribution in [3.63, 3.8) is 0 Å². The molecule has 0 aliphatic carbocycles. The number of hydrogen-bond acceptors (Lipinski definition) is 5. The van der Waals surface area contributed by atoms with Gasteiger partial charge in [-0.05, 0) is 43.3 Å². The monoisotopic (exact) mass is 362 g/mol. The van der Waals surface area contributed by atoms with E-state index >= 15 is 0 Å². The van der Waals surface area contributed by atoms with Crippen LogP contribution in [0.4, 0.5) is 5.13 Å². The number of carbonyl (C=O) groups is 1. The van der Waals surface area contributed by atoms with E-state index in [2.05, 4.69) is 15.3 Å². The number of thiazole rings is 1. The van der Waals surface area contributed by atoms with Crippen molar-refractivity contribution in [2.75, 3.05) is 5.32 Å². The molecule has 7 heteroatoms. The molecular formula is C19H14N4O2S. The van der Waals surface area contributed by atoms with Gasteiger partial charge in [-0.1, -0.05) is 12.1 Å². The molecule has 4 aromatic rings. The summed E-state index contributed by atoms with van der Waals surface area (Å²) in [7, 11) is 0. The van der Waals surface area contributed by atoms with E-state index in [1.54, 1.807) is 53.4 Å². The van der Waals surface area contributed by atoms with E-state index in [-0.39, 0.29) is 11.5 Å². The second kappa shape index (κ2) is 6.53. The Labute approximate surface area is 152 Å². The van der Waals surface area contributed by atoms with Crippen LogP contribution in [0.25, 0.3) is 16.6 Å². The van der Waals surface area contributed by atoms with Crippen LogP contribution >= 0.6 is 11.3 Å². The number of rotatable bonds is 3. The second-order valence-corrected chi connectivity index (χ2v) is 6.55. The summed E-state index contributed by atoms with van der Waals surface area (Å²) in [6.07, 6.45) is 1.63. The minimum absolute atomic E-state index is 0.131. The molecule has 0 bridgehead atoms. The number of hydrogen-bond donors (Lipinski definition) is 1. The third kappa shape index (κ3) is 2.89. The van der Waals surface area contributed by atoms with Crippen molar-refractivity contribution < 1.29 is 4.79 Å². The lowest BCUT2D eigenvalue weighted by Crippen LogP contribution is -2.22. The minimum Gasteiger partial charge on any atom is -0.298 e. The average Bonchev–Trinajstić information content (AvgIpc) is 3.15. The maximum atomic E-state index is 12.8. The van der Waals surface area contributed by atoms with Gasteiger partial charge in [0, 0.05) is 17.1 Å². The fourth-order valence-electron chi connectivity index (χ4n) is 2.76. The molecule has 128 valence electrons. The summed E-state index contributed by atoms with van der Waals surface area (Å²) in [4.78, 5) is 33.6. The molecule has 0 aliphatic rings. The van der Waals surface area contributed by atoms with Crippen LogP contribution in [0.5, 0.6) is 0 Å². The molecule has 0 saturated carbocycles. The molecule has 2 aromatic heterocycles. The molecule has 0 saturated heterocycles. The Kier molecular flexibility index (Phi) is 4.06. The summed E-state index contributed by atoms with van der Waals surface area (Å²) >= 11 is 1.35. The van der Waals surface area contributed by atoms with E-state index in [0.29, 0.717) is 33.1 Å². The van der Waals surface area contributed by atoms with Gasteiger partial charge in [0.25, 0.3) is 11.5 Å². The normalized spacial score (nSPS) is 10.8. The molecule has 4 rings (SSSR count). The van der Waals surface area contributed by atoms with Crippen molar-refractivity contribution in [2.24, 2.45) is 0 Å². The standard InChI is InChI=1S/C19H14N4O2S/c1-12-21-16-5-3-2-4-15(16)18(25)23(12)14-8-6-13(7-9-14)17(24)22-19-20-10-11-26-19/h2-11H,1H3,(H,20,22,24). The van der Waals surface area contributed by atoms with Gasteiger partial charge in [0.1, 0.15) is 5.82 Å². The van der Waals surface area contributed by atoms with Gasteiger partial charge in [0.05, 0.1) is 16.6 Å². The van der Waals surface area contributed by atoms with Crippen LogP contribution in [0.1, 0.15) is 16.2 Å². The summed E-state index contributed by atoms with van der Waals surface area (Å²) < 4.78 is 1.55. The number of nitrogens with one attached hydrogen (secondary N) is 1. The zero-order valence-electron chi connectivity index (χ0n) is 13.8. The molecule has 6 nitrogen and oxygen atoms in total. The van der Waals surface area contributed by atoms with Crippen LogP contribution in [0.3, 0.4) is 0 Å². The third-order valence-corrected chi connectivity index (χ3v) is 4.67. The van der Waals surface area contributed by atoms with Crippen molar-refractivity contribution >= 4 is 33.3 Å². The highest BCUT2D eigenvalue weighted by molar-refractivity contribution is 7.13. The lowest BCUT2D eigenvalue weighted by Gasteiger charge is -2.11. The summed E-state index contributed by atoms with van der Waals surface area (Å²) in [5.74, 6) is 0.348. The number of aromatic nitrogens is 3. The summed E-state index contributed by atoms with van der Waals surface area (Å²) in [6, 6.07) is 14.1. The van der Waals surface area contributed by atoms with Crippen molar-refractivity contribution in [1.29, 1.82) is 0 Å². The Hall–Kier alpha value is -3.32. The van der Waals surface area contributed by atoms with Gasteiger partial charge in [-0.3, -0.25) is 19.5 Å². The Balaban J connectivity index is 1.70. The van der Waals surface area contributed by atoms with E-state index in [1.807, 2.05) is 18.2 Å². The Morgan fingerprint density at radius 3 is 2.62 bits per heavy atom. The quantitative estimate of drug-likeness (QED) is 0.606. The van der Waals surface area contributed by atoms with Gasteiger partial charge >= 0.3 is 0 Å². The van der Waals surface area contributed by atoms with Crippen molar-refractivity contribution in [3.05, 3.63) is 81.8 Å². The lowest BCUT2D eigenvalue weighted by molar-refractivity contribution is 0.102. The van der Waals surface area contributed by atoms with Crippen LogP contribution in [0, 0.1) is 6.92 Å². The molecule has 1 amide bonds. The number of amides is 1. The molecule has 1 N–H and O–H groups in total. The van der Waals surface area contributed by atoms with Crippen molar-refractivity contribution in [1.82, 2.24) is 14.5 Å². The largest absolute Gasteiger partial charge is 0.298 e. The lowest BCUT2D eigenvalue weighted by atomic mass is 10.2. The van der Waals surface area contributed by atoms with Crippen LogP contribution in [0.15, 0.2) is 64.9 Å². The maximum Gasteiger partial charge on any atom is 0.265 e. The molecule has 2 aromatic carbocycles. The highest BCUT2D eigenvalue weighted by Crippen LogP contribution is 2.15. The van der Waals surface area contributed by atoms with Gasteiger partial charge in [0.15, 0.2) is 5.13 Å². The summed E-state index contributed by atoms with van der Waals surface area (Å²) in [5, 5.41) is 5.63. The first kappa shape index (κ1) is 16.2. The van der Waals surface area contributed by atoms with Crippen LogP contribution < -0.4 is 10.9 Å². The van der Waals surface area contributed by atoms with Gasteiger partial charge < -0.3 is 0 Å². The average molecular weight is 362 g/mol. The van der Waals surface area contributed by atoms with E-state index in [0.717, 1.165) is 0 Å². The van der Waals surface area contributed by atoms with Gasteiger partial charge in [-0.2, -0.15) is 0 Å². The number of fused-ring (bicyclic) bond motifs is 1. The Morgan fingerprint density at radius 2 is 1.88 bits per heavy atom.